The van der Waals surface area contributed by atoms with Crippen LogP contribution in [0.15, 0.2) is 24.3 Å². The molecule has 0 aromatic rings. The van der Waals surface area contributed by atoms with Crippen LogP contribution < -0.4 is 5.32 Å². The molecule has 0 aromatic heterocycles. The maximum Gasteiger partial charge on any atom is 0.460 e. The van der Waals surface area contributed by atoms with Crippen LogP contribution in [0.4, 0.5) is 114 Å². The summed E-state index contributed by atoms with van der Waals surface area (Å²) in [6, 6.07) is 0. The van der Waals surface area contributed by atoms with Gasteiger partial charge in [0.05, 0.1) is 0 Å². The lowest BCUT2D eigenvalue weighted by Crippen LogP contribution is -2.70. The molecule has 2 aliphatic heterocycles. The highest BCUT2D eigenvalue weighted by Crippen LogP contribution is 2.62. The Morgan fingerprint density at radius 1 is 0.393 bits per heavy atom. The first kappa shape index (κ1) is 56.9. The third-order valence-electron chi connectivity index (χ3n) is 7.55. The number of aliphatic hydroxyl groups is 1. The summed E-state index contributed by atoms with van der Waals surface area (Å²) in [5, 5.41) is 10.3. The smallest absolute Gasteiger partial charge is 0.396 e. The van der Waals surface area contributed by atoms with Crippen LogP contribution in [0.1, 0.15) is 38.5 Å². The van der Waals surface area contributed by atoms with Crippen LogP contribution in [-0.2, 0) is 19.2 Å². The monoisotopic (exact) mass is 960 g/mol. The summed E-state index contributed by atoms with van der Waals surface area (Å²) in [7, 11) is 0. The van der Waals surface area contributed by atoms with Gasteiger partial charge in [-0.25, -0.2) is 0 Å². The number of amides is 4. The number of hydrogen-bond acceptors (Lipinski definition) is 5. The third-order valence-corrected chi connectivity index (χ3v) is 7.55. The van der Waals surface area contributed by atoms with Gasteiger partial charge in [0.15, 0.2) is 0 Å². The second-order valence-electron chi connectivity index (χ2n) is 12.0. The molecule has 0 saturated heterocycles. The van der Waals surface area contributed by atoms with Gasteiger partial charge in [0.1, 0.15) is 0 Å². The van der Waals surface area contributed by atoms with Crippen LogP contribution in [0.3, 0.4) is 0 Å². The minimum Gasteiger partial charge on any atom is -0.396 e. The summed E-state index contributed by atoms with van der Waals surface area (Å²) in [4.78, 5) is 42.8. The molecule has 0 atom stereocenters. The molecular formula is C28H22F26N2O5. The zero-order chi connectivity index (χ0) is 49.1. The average molecular weight is 960 g/mol. The van der Waals surface area contributed by atoms with Crippen molar-refractivity contribution in [1.29, 1.82) is 0 Å². The van der Waals surface area contributed by atoms with E-state index in [0.29, 0.717) is 4.90 Å². The van der Waals surface area contributed by atoms with Crippen molar-refractivity contribution in [3.05, 3.63) is 24.3 Å². The largest absolute Gasteiger partial charge is 0.460 e. The molecule has 7 nitrogen and oxygen atoms in total. The van der Waals surface area contributed by atoms with Crippen molar-refractivity contribution in [3.63, 3.8) is 0 Å². The number of rotatable bonds is 17. The molecule has 0 bridgehead atoms. The lowest BCUT2D eigenvalue weighted by molar-refractivity contribution is -0.440. The molecule has 2 heterocycles. The van der Waals surface area contributed by atoms with Crippen molar-refractivity contribution in [2.75, 3.05) is 13.2 Å². The van der Waals surface area contributed by atoms with Gasteiger partial charge in [0, 0.05) is 50.3 Å². The number of imide groups is 2. The van der Waals surface area contributed by atoms with E-state index in [9.17, 15) is 133 Å². The number of nitrogens with zero attached hydrogens (tertiary/aromatic N) is 1. The summed E-state index contributed by atoms with van der Waals surface area (Å²) in [6.07, 6.45) is -19.3. The van der Waals surface area contributed by atoms with E-state index in [2.05, 4.69) is 0 Å². The molecule has 0 aliphatic carbocycles. The van der Waals surface area contributed by atoms with Gasteiger partial charge in [-0.1, -0.05) is 0 Å². The summed E-state index contributed by atoms with van der Waals surface area (Å²) in [5.74, 6) is -76.0. The van der Waals surface area contributed by atoms with Gasteiger partial charge >= 0.3 is 71.6 Å². The molecule has 0 saturated carbocycles. The Morgan fingerprint density at radius 3 is 0.918 bits per heavy atom. The third kappa shape index (κ3) is 10.9. The first-order chi connectivity index (χ1) is 26.7. The minimum absolute atomic E-state index is 0.329. The van der Waals surface area contributed by atoms with Gasteiger partial charge < -0.3 is 5.11 Å². The molecule has 0 spiro atoms. The summed E-state index contributed by atoms with van der Waals surface area (Å²) < 4.78 is 332. The number of hydrogen-bond donors (Lipinski definition) is 2. The van der Waals surface area contributed by atoms with Crippen LogP contribution in [0.2, 0.25) is 0 Å². The van der Waals surface area contributed by atoms with Crippen LogP contribution in [0.5, 0.6) is 0 Å². The molecule has 61 heavy (non-hydrogen) atoms. The Bertz CT molecular complexity index is 1600. The van der Waals surface area contributed by atoms with Crippen molar-refractivity contribution in [2.24, 2.45) is 0 Å². The summed E-state index contributed by atoms with van der Waals surface area (Å²) in [5.41, 5.74) is 0. The molecule has 0 radical (unpaired) electrons. The minimum atomic E-state index is -7.93. The fourth-order valence-electron chi connectivity index (χ4n) is 4.00. The van der Waals surface area contributed by atoms with Crippen LogP contribution in [0, 0.1) is 0 Å². The lowest BCUT2D eigenvalue weighted by atomic mass is 9.91. The maximum atomic E-state index is 13.5. The standard InChI is InChI=1S/C14H10F13NO2.C10H9F13O.C4H3NO2/c15-9(16,5-1-2-6-28-7(29)3-4-8(28)30)10(17,18)11(19,20)12(21,22)13(23,24)14(25,26)27;11-5(12,3-1-2-4-24)6(13,14)7(15,16)8(17,18)9(19,20)10(21,22)23;6-3-1-2-4(7)5-3/h3-4H,1-2,5-6H2;24H,1-4H2;1-2H,(H,5,6,7). The highest BCUT2D eigenvalue weighted by Gasteiger charge is 2.92. The average Bonchev–Trinajstić information content (AvgIpc) is 3.62. The number of alkyl halides is 26. The number of carbonyl (C=O) groups is 4. The van der Waals surface area contributed by atoms with E-state index >= 15 is 0 Å². The predicted molar refractivity (Wildman–Crippen MR) is 145 cm³/mol. The van der Waals surface area contributed by atoms with Gasteiger partial charge in [-0.3, -0.25) is 29.4 Å². The Balaban J connectivity index is 0.00000103. The van der Waals surface area contributed by atoms with Crippen molar-refractivity contribution in [1.82, 2.24) is 10.2 Å². The zero-order valence-corrected chi connectivity index (χ0v) is 28.8. The quantitative estimate of drug-likeness (QED) is 0.0862. The zero-order valence-electron chi connectivity index (χ0n) is 28.8. The lowest BCUT2D eigenvalue weighted by Gasteiger charge is -2.39. The first-order valence-electron chi connectivity index (χ1n) is 15.3. The molecule has 356 valence electrons. The molecule has 2 N–H and O–H groups in total. The van der Waals surface area contributed by atoms with Crippen molar-refractivity contribution < 1.29 is 138 Å². The molecule has 2 rings (SSSR count). The van der Waals surface area contributed by atoms with E-state index in [4.69, 9.17) is 5.11 Å². The molecule has 0 fully saturated rings. The van der Waals surface area contributed by atoms with Gasteiger partial charge in [-0.2, -0.15) is 114 Å². The summed E-state index contributed by atoms with van der Waals surface area (Å²) >= 11 is 0. The predicted octanol–water partition coefficient (Wildman–Crippen LogP) is 8.91. The normalized spacial score (nSPS) is 16.7. The molecular weight excluding hydrogens is 938 g/mol. The molecule has 2 aliphatic rings. The molecule has 0 unspecified atom stereocenters. The topological polar surface area (TPSA) is 104 Å². The van der Waals surface area contributed by atoms with Crippen LogP contribution in [-0.4, -0.2) is 118 Å². The highest BCUT2D eigenvalue weighted by molar-refractivity contribution is 6.13. The Labute approximate surface area is 320 Å². The maximum absolute atomic E-state index is 13.5. The molecule has 4 amide bonds. The van der Waals surface area contributed by atoms with Gasteiger partial charge in [0.2, 0.25) is 0 Å². The van der Waals surface area contributed by atoms with E-state index in [1.54, 1.807) is 0 Å². The molecule has 33 heteroatoms. The SMILES string of the molecule is O=C1C=CC(=O)N1.O=C1C=CC(=O)N1CCCCC(F)(F)C(F)(F)C(F)(F)C(F)(F)C(F)(F)C(F)(F)F.OCCCCC(F)(F)C(F)(F)C(F)(F)C(F)(F)C(F)(F)C(F)(F)F. The fourth-order valence-corrected chi connectivity index (χ4v) is 4.00. The van der Waals surface area contributed by atoms with Crippen molar-refractivity contribution >= 4 is 23.6 Å². The second kappa shape index (κ2) is 18.3. The van der Waals surface area contributed by atoms with Crippen molar-refractivity contribution in [3.8, 4) is 0 Å². The number of carbonyl (C=O) groups excluding carboxylic acids is 4. The van der Waals surface area contributed by atoms with E-state index in [1.165, 1.54) is 12.2 Å². The van der Waals surface area contributed by atoms with Crippen LogP contribution in [0.25, 0.3) is 0 Å². The molecule has 0 aromatic carbocycles. The van der Waals surface area contributed by atoms with E-state index in [1.807, 2.05) is 5.32 Å². The van der Waals surface area contributed by atoms with Crippen molar-refractivity contribution in [2.45, 2.75) is 110 Å². The van der Waals surface area contributed by atoms with Gasteiger partial charge in [-0.15, -0.1) is 0 Å². The van der Waals surface area contributed by atoms with Crippen LogP contribution >= 0.6 is 0 Å². The van der Waals surface area contributed by atoms with E-state index < -0.39 is 135 Å². The van der Waals surface area contributed by atoms with Gasteiger partial charge in [0.25, 0.3) is 23.6 Å². The number of unbranched alkanes of at least 4 members (excludes halogenated alkanes) is 2. The van der Waals surface area contributed by atoms with E-state index in [0.717, 1.165) is 12.2 Å². The Kier molecular flexibility index (Phi) is 17.1. The Hall–Kier alpha value is -4.10. The number of nitrogens with one attached hydrogen (secondary N) is 1. The fraction of sp³-hybridized carbons (Fsp3) is 0.714. The second-order valence-corrected chi connectivity index (χ2v) is 12.0. The first-order valence-corrected chi connectivity index (χ1v) is 15.3. The highest BCUT2D eigenvalue weighted by atomic mass is 19.4. The number of aliphatic hydroxyl groups excluding tert-OH is 1. The van der Waals surface area contributed by atoms with E-state index in [-0.39, 0.29) is 11.8 Å². The number of halogens is 26. The summed E-state index contributed by atoms with van der Waals surface area (Å²) in [6.45, 7) is -1.54. The van der Waals surface area contributed by atoms with Gasteiger partial charge in [-0.05, 0) is 25.7 Å². The Morgan fingerprint density at radius 2 is 0.672 bits per heavy atom.